The Bertz CT molecular complexity index is 441. The average Bonchev–Trinajstić information content (AvgIpc) is 2.45. The number of carboxylic acids is 1. The summed E-state index contributed by atoms with van der Waals surface area (Å²) >= 11 is 0. The van der Waals surface area contributed by atoms with E-state index in [2.05, 4.69) is 0 Å². The molecule has 0 aromatic carbocycles. The molecular formula is C14H21NO5. The molecule has 1 heterocycles. The lowest BCUT2D eigenvalue weighted by atomic mass is 10.00. The Balaban J connectivity index is 2.96. The third kappa shape index (κ3) is 3.59. The monoisotopic (exact) mass is 283 g/mol. The Morgan fingerprint density at radius 2 is 1.85 bits per heavy atom. The van der Waals surface area contributed by atoms with Gasteiger partial charge in [0, 0.05) is 17.7 Å². The number of hydrogen-bond donors (Lipinski definition) is 1. The topological polar surface area (TPSA) is 83.9 Å². The first-order valence-corrected chi connectivity index (χ1v) is 6.78. The van der Waals surface area contributed by atoms with Gasteiger partial charge in [0.2, 0.25) is 0 Å². The predicted molar refractivity (Wildman–Crippen MR) is 72.0 cm³/mol. The van der Waals surface area contributed by atoms with Crippen LogP contribution in [0.5, 0.6) is 0 Å². The van der Waals surface area contributed by atoms with Crippen molar-refractivity contribution < 1.29 is 24.2 Å². The Labute approximate surface area is 118 Å². The van der Waals surface area contributed by atoms with Crippen LogP contribution >= 0.6 is 0 Å². The minimum absolute atomic E-state index is 0.00295. The zero-order chi connectivity index (χ0) is 15.3. The van der Waals surface area contributed by atoms with E-state index in [9.17, 15) is 14.4 Å². The fourth-order valence-corrected chi connectivity index (χ4v) is 2.19. The average molecular weight is 283 g/mol. The Kier molecular flexibility index (Phi) is 5.73. The summed E-state index contributed by atoms with van der Waals surface area (Å²) in [4.78, 5) is 36.6. The zero-order valence-corrected chi connectivity index (χ0v) is 12.1. The SMILES string of the molecule is CCOC(=O)C1CCCCN1C(=O)C(C)=C(C)C(=O)O. The number of nitrogens with zero attached hydrogens (tertiary/aromatic N) is 1. The minimum Gasteiger partial charge on any atom is -0.478 e. The zero-order valence-electron chi connectivity index (χ0n) is 12.1. The summed E-state index contributed by atoms with van der Waals surface area (Å²) in [5.74, 6) is -1.94. The predicted octanol–water partition coefficient (Wildman–Crippen LogP) is 1.35. The molecule has 0 spiro atoms. The van der Waals surface area contributed by atoms with Gasteiger partial charge >= 0.3 is 11.9 Å². The Morgan fingerprint density at radius 1 is 1.20 bits per heavy atom. The van der Waals surface area contributed by atoms with Crippen LogP contribution in [0.4, 0.5) is 0 Å². The van der Waals surface area contributed by atoms with Gasteiger partial charge in [-0.15, -0.1) is 0 Å². The molecule has 0 bridgehead atoms. The van der Waals surface area contributed by atoms with E-state index in [4.69, 9.17) is 9.84 Å². The normalized spacial score (nSPS) is 20.1. The molecule has 1 saturated heterocycles. The second-order valence-electron chi connectivity index (χ2n) is 4.82. The number of amides is 1. The van der Waals surface area contributed by atoms with Crippen molar-refractivity contribution in [3.8, 4) is 0 Å². The highest BCUT2D eigenvalue weighted by molar-refractivity contribution is 6.02. The van der Waals surface area contributed by atoms with Crippen molar-refractivity contribution in [3.63, 3.8) is 0 Å². The van der Waals surface area contributed by atoms with Gasteiger partial charge in [-0.2, -0.15) is 0 Å². The first-order chi connectivity index (χ1) is 9.40. The quantitative estimate of drug-likeness (QED) is 0.622. The highest BCUT2D eigenvalue weighted by atomic mass is 16.5. The molecule has 1 rings (SSSR count). The lowest BCUT2D eigenvalue weighted by molar-refractivity contribution is -0.155. The number of esters is 1. The van der Waals surface area contributed by atoms with Crippen molar-refractivity contribution in [1.82, 2.24) is 4.90 Å². The molecule has 0 aromatic heterocycles. The molecule has 1 unspecified atom stereocenters. The molecule has 1 aliphatic heterocycles. The highest BCUT2D eigenvalue weighted by Gasteiger charge is 2.34. The smallest absolute Gasteiger partial charge is 0.331 e. The summed E-state index contributed by atoms with van der Waals surface area (Å²) in [6.07, 6.45) is 2.22. The van der Waals surface area contributed by atoms with Crippen molar-refractivity contribution in [2.24, 2.45) is 0 Å². The van der Waals surface area contributed by atoms with Gasteiger partial charge in [-0.05, 0) is 40.0 Å². The van der Waals surface area contributed by atoms with Crippen LogP contribution in [-0.2, 0) is 19.1 Å². The lowest BCUT2D eigenvalue weighted by Gasteiger charge is -2.34. The van der Waals surface area contributed by atoms with Crippen LogP contribution in [-0.4, -0.2) is 47.0 Å². The van der Waals surface area contributed by atoms with Crippen molar-refractivity contribution in [2.45, 2.75) is 46.1 Å². The summed E-state index contributed by atoms with van der Waals surface area (Å²) in [5.41, 5.74) is 0.164. The molecule has 6 heteroatoms. The van der Waals surface area contributed by atoms with Crippen molar-refractivity contribution in [1.29, 1.82) is 0 Å². The number of aliphatic carboxylic acids is 1. The molecule has 0 aliphatic carbocycles. The first-order valence-electron chi connectivity index (χ1n) is 6.78. The van der Waals surface area contributed by atoms with E-state index in [0.717, 1.165) is 12.8 Å². The summed E-state index contributed by atoms with van der Waals surface area (Å²) in [7, 11) is 0. The Morgan fingerprint density at radius 3 is 2.40 bits per heavy atom. The molecule has 1 N–H and O–H groups in total. The van der Waals surface area contributed by atoms with Gasteiger partial charge < -0.3 is 14.7 Å². The van der Waals surface area contributed by atoms with E-state index < -0.39 is 23.9 Å². The van der Waals surface area contributed by atoms with E-state index in [1.807, 2.05) is 0 Å². The maximum Gasteiger partial charge on any atom is 0.331 e. The molecule has 1 aliphatic rings. The van der Waals surface area contributed by atoms with Crippen molar-refractivity contribution in [2.75, 3.05) is 13.2 Å². The van der Waals surface area contributed by atoms with Crippen LogP contribution in [0.3, 0.4) is 0 Å². The fraction of sp³-hybridized carbons (Fsp3) is 0.643. The molecule has 1 atom stereocenters. The number of carboxylic acid groups (broad SMARTS) is 1. The maximum absolute atomic E-state index is 12.4. The van der Waals surface area contributed by atoms with Gasteiger partial charge in [0.1, 0.15) is 6.04 Å². The molecule has 0 radical (unpaired) electrons. The van der Waals surface area contributed by atoms with E-state index in [-0.39, 0.29) is 17.8 Å². The van der Waals surface area contributed by atoms with Gasteiger partial charge in [-0.1, -0.05) is 0 Å². The summed E-state index contributed by atoms with van der Waals surface area (Å²) < 4.78 is 4.98. The summed E-state index contributed by atoms with van der Waals surface area (Å²) in [5, 5.41) is 8.94. The van der Waals surface area contributed by atoms with Crippen LogP contribution in [0.15, 0.2) is 11.1 Å². The van der Waals surface area contributed by atoms with Gasteiger partial charge in [-0.25, -0.2) is 9.59 Å². The van der Waals surface area contributed by atoms with Crippen LogP contribution in [0.1, 0.15) is 40.0 Å². The van der Waals surface area contributed by atoms with Crippen molar-refractivity contribution >= 4 is 17.8 Å². The molecule has 1 fully saturated rings. The van der Waals surface area contributed by atoms with E-state index in [1.54, 1.807) is 6.92 Å². The third-order valence-corrected chi connectivity index (χ3v) is 3.53. The van der Waals surface area contributed by atoms with E-state index in [1.165, 1.54) is 18.7 Å². The van der Waals surface area contributed by atoms with Gasteiger partial charge in [0.05, 0.1) is 6.61 Å². The number of hydrogen-bond acceptors (Lipinski definition) is 4. The second-order valence-corrected chi connectivity index (χ2v) is 4.82. The number of likely N-dealkylation sites (tertiary alicyclic amines) is 1. The molecule has 0 aromatic rings. The summed E-state index contributed by atoms with van der Waals surface area (Å²) in [6, 6.07) is -0.604. The van der Waals surface area contributed by atoms with E-state index in [0.29, 0.717) is 13.0 Å². The Hall–Kier alpha value is -1.85. The molecule has 20 heavy (non-hydrogen) atoms. The van der Waals surface area contributed by atoms with Gasteiger partial charge in [0.15, 0.2) is 0 Å². The lowest BCUT2D eigenvalue weighted by Crippen LogP contribution is -2.49. The van der Waals surface area contributed by atoms with Crippen LogP contribution in [0.25, 0.3) is 0 Å². The molecule has 112 valence electrons. The molecule has 1 amide bonds. The number of carbonyl (C=O) groups is 3. The largest absolute Gasteiger partial charge is 0.478 e. The number of rotatable bonds is 4. The fourth-order valence-electron chi connectivity index (χ4n) is 2.19. The van der Waals surface area contributed by atoms with Crippen LogP contribution < -0.4 is 0 Å². The van der Waals surface area contributed by atoms with Crippen LogP contribution in [0, 0.1) is 0 Å². The molecule has 6 nitrogen and oxygen atoms in total. The van der Waals surface area contributed by atoms with E-state index >= 15 is 0 Å². The highest BCUT2D eigenvalue weighted by Crippen LogP contribution is 2.21. The number of carbonyl (C=O) groups excluding carboxylic acids is 2. The van der Waals surface area contributed by atoms with Gasteiger partial charge in [-0.3, -0.25) is 4.79 Å². The third-order valence-electron chi connectivity index (χ3n) is 3.53. The maximum atomic E-state index is 12.4. The summed E-state index contributed by atoms with van der Waals surface area (Å²) in [6.45, 7) is 5.29. The second kappa shape index (κ2) is 7.07. The number of ether oxygens (including phenoxy) is 1. The van der Waals surface area contributed by atoms with Gasteiger partial charge in [0.25, 0.3) is 5.91 Å². The standard InChI is InChI=1S/C14H21NO5/c1-4-20-14(19)11-7-5-6-8-15(11)12(16)9(2)10(3)13(17)18/h11H,4-8H2,1-3H3,(H,17,18). The van der Waals surface area contributed by atoms with Crippen LogP contribution in [0.2, 0.25) is 0 Å². The molecule has 0 saturated carbocycles. The molecular weight excluding hydrogens is 262 g/mol. The first kappa shape index (κ1) is 16.2. The minimum atomic E-state index is -1.12. The van der Waals surface area contributed by atoms with Crippen molar-refractivity contribution in [3.05, 3.63) is 11.1 Å². The number of piperidine rings is 1.